The van der Waals surface area contributed by atoms with Gasteiger partial charge in [-0.15, -0.1) is 5.10 Å². The zero-order valence-electron chi connectivity index (χ0n) is 15.8. The molecule has 1 fully saturated rings. The van der Waals surface area contributed by atoms with E-state index in [2.05, 4.69) is 41.3 Å². The van der Waals surface area contributed by atoms with Crippen LogP contribution in [0.5, 0.6) is 5.75 Å². The van der Waals surface area contributed by atoms with Gasteiger partial charge in [0.25, 0.3) is 0 Å². The molecule has 4 rings (SSSR count). The second kappa shape index (κ2) is 8.51. The molecule has 1 aromatic carbocycles. The Balaban J connectivity index is 1.38. The highest BCUT2D eigenvalue weighted by atomic mass is 16.5. The van der Waals surface area contributed by atoms with Gasteiger partial charge >= 0.3 is 0 Å². The van der Waals surface area contributed by atoms with Crippen molar-refractivity contribution in [3.63, 3.8) is 0 Å². The maximum absolute atomic E-state index is 5.49. The zero-order chi connectivity index (χ0) is 19.2. The molecule has 8 nitrogen and oxygen atoms in total. The number of piperazine rings is 1. The lowest BCUT2D eigenvalue weighted by Crippen LogP contribution is -2.47. The van der Waals surface area contributed by atoms with Crippen LogP contribution in [0.2, 0.25) is 0 Å². The maximum atomic E-state index is 5.49. The standard InChI is InChI=1S/C20H23N7O/c1-28-18-5-3-2-4-17(18)26-10-12-27(13-11-26)20-24-19(15-23-25-20)22-14-16-6-8-21-9-7-16/h2-9,15H,10-14H2,1H3,(H,22,24,25). The summed E-state index contributed by atoms with van der Waals surface area (Å²) in [6.45, 7) is 4.07. The SMILES string of the molecule is COc1ccccc1N1CCN(c2nncc(NCc3ccncc3)n2)CC1. The van der Waals surface area contributed by atoms with Gasteiger partial charge in [-0.3, -0.25) is 4.98 Å². The molecule has 144 valence electrons. The largest absolute Gasteiger partial charge is 0.495 e. The van der Waals surface area contributed by atoms with Crippen molar-refractivity contribution >= 4 is 17.5 Å². The number of methoxy groups -OCH3 is 1. The highest BCUT2D eigenvalue weighted by molar-refractivity contribution is 5.59. The third-order valence-electron chi connectivity index (χ3n) is 4.76. The van der Waals surface area contributed by atoms with Crippen LogP contribution in [-0.2, 0) is 6.54 Å². The molecule has 3 aromatic rings. The van der Waals surface area contributed by atoms with Gasteiger partial charge in [0.15, 0.2) is 5.82 Å². The van der Waals surface area contributed by atoms with Crippen LogP contribution in [0.3, 0.4) is 0 Å². The van der Waals surface area contributed by atoms with Crippen LogP contribution >= 0.6 is 0 Å². The first kappa shape index (κ1) is 18.0. The Morgan fingerprint density at radius 2 is 1.75 bits per heavy atom. The Kier molecular flexibility index (Phi) is 5.46. The summed E-state index contributed by atoms with van der Waals surface area (Å²) in [7, 11) is 1.71. The number of anilines is 3. The Labute approximate surface area is 164 Å². The molecule has 0 bridgehead atoms. The Bertz CT molecular complexity index is 898. The predicted molar refractivity (Wildman–Crippen MR) is 109 cm³/mol. The Morgan fingerprint density at radius 1 is 1.00 bits per heavy atom. The number of nitrogens with zero attached hydrogens (tertiary/aromatic N) is 6. The minimum absolute atomic E-state index is 0.652. The van der Waals surface area contributed by atoms with Crippen molar-refractivity contribution in [2.24, 2.45) is 0 Å². The minimum atomic E-state index is 0.652. The summed E-state index contributed by atoms with van der Waals surface area (Å²) in [5, 5.41) is 11.6. The fourth-order valence-corrected chi connectivity index (χ4v) is 3.24. The summed E-state index contributed by atoms with van der Waals surface area (Å²) in [6.07, 6.45) is 5.21. The molecule has 0 unspecified atom stereocenters. The molecule has 1 aliphatic heterocycles. The van der Waals surface area contributed by atoms with Gasteiger partial charge < -0.3 is 19.9 Å². The van der Waals surface area contributed by atoms with E-state index in [1.54, 1.807) is 25.7 Å². The second-order valence-corrected chi connectivity index (χ2v) is 6.50. The van der Waals surface area contributed by atoms with Crippen LogP contribution in [0.4, 0.5) is 17.5 Å². The van der Waals surface area contributed by atoms with Gasteiger partial charge in [0.1, 0.15) is 5.75 Å². The monoisotopic (exact) mass is 377 g/mol. The lowest BCUT2D eigenvalue weighted by molar-refractivity contribution is 0.413. The van der Waals surface area contributed by atoms with E-state index in [4.69, 9.17) is 4.74 Å². The van der Waals surface area contributed by atoms with E-state index in [0.29, 0.717) is 18.3 Å². The first-order valence-electron chi connectivity index (χ1n) is 9.29. The third kappa shape index (κ3) is 4.11. The van der Waals surface area contributed by atoms with Crippen molar-refractivity contribution in [1.82, 2.24) is 20.2 Å². The average molecular weight is 377 g/mol. The molecule has 0 radical (unpaired) electrons. The van der Waals surface area contributed by atoms with Crippen LogP contribution in [-0.4, -0.2) is 53.5 Å². The van der Waals surface area contributed by atoms with E-state index in [9.17, 15) is 0 Å². The molecular weight excluding hydrogens is 354 g/mol. The number of pyridine rings is 1. The van der Waals surface area contributed by atoms with E-state index < -0.39 is 0 Å². The number of hydrogen-bond acceptors (Lipinski definition) is 8. The van der Waals surface area contributed by atoms with Gasteiger partial charge in [0.05, 0.1) is 19.0 Å². The molecular formula is C20H23N7O. The number of nitrogens with one attached hydrogen (secondary N) is 1. The molecule has 3 heterocycles. The predicted octanol–water partition coefficient (Wildman–Crippen LogP) is 2.21. The molecule has 2 aromatic heterocycles. The molecule has 1 N–H and O–H groups in total. The summed E-state index contributed by atoms with van der Waals surface area (Å²) >= 11 is 0. The summed E-state index contributed by atoms with van der Waals surface area (Å²) in [5.74, 6) is 2.27. The Morgan fingerprint density at radius 3 is 2.54 bits per heavy atom. The first-order valence-corrected chi connectivity index (χ1v) is 9.29. The molecule has 0 atom stereocenters. The van der Waals surface area contributed by atoms with Crippen LogP contribution < -0.4 is 19.9 Å². The van der Waals surface area contributed by atoms with E-state index in [-0.39, 0.29) is 0 Å². The lowest BCUT2D eigenvalue weighted by Gasteiger charge is -2.36. The summed E-state index contributed by atoms with van der Waals surface area (Å²) in [6, 6.07) is 12.1. The van der Waals surface area contributed by atoms with E-state index in [1.165, 1.54) is 0 Å². The van der Waals surface area contributed by atoms with Crippen molar-refractivity contribution in [2.75, 3.05) is 48.4 Å². The normalized spacial score (nSPS) is 14.0. The van der Waals surface area contributed by atoms with E-state index in [1.807, 2.05) is 30.3 Å². The smallest absolute Gasteiger partial charge is 0.247 e. The molecule has 28 heavy (non-hydrogen) atoms. The summed E-state index contributed by atoms with van der Waals surface area (Å²) < 4.78 is 5.49. The first-order chi connectivity index (χ1) is 13.8. The molecule has 1 saturated heterocycles. The third-order valence-corrected chi connectivity index (χ3v) is 4.76. The van der Waals surface area contributed by atoms with Gasteiger partial charge in [-0.2, -0.15) is 10.1 Å². The van der Waals surface area contributed by atoms with Crippen LogP contribution in [0.25, 0.3) is 0 Å². The molecule has 0 amide bonds. The topological polar surface area (TPSA) is 79.3 Å². The average Bonchev–Trinajstić information content (AvgIpc) is 2.79. The van der Waals surface area contributed by atoms with Gasteiger partial charge in [0, 0.05) is 45.1 Å². The van der Waals surface area contributed by atoms with Crippen molar-refractivity contribution in [1.29, 1.82) is 0 Å². The number of hydrogen-bond donors (Lipinski definition) is 1. The number of rotatable bonds is 6. The van der Waals surface area contributed by atoms with Crippen LogP contribution in [0.15, 0.2) is 55.0 Å². The summed E-state index contributed by atoms with van der Waals surface area (Å²) in [4.78, 5) is 13.1. The van der Waals surface area contributed by atoms with Crippen molar-refractivity contribution in [2.45, 2.75) is 6.54 Å². The van der Waals surface area contributed by atoms with E-state index >= 15 is 0 Å². The molecule has 0 spiro atoms. The number of para-hydroxylation sites is 2. The van der Waals surface area contributed by atoms with Gasteiger partial charge in [-0.1, -0.05) is 12.1 Å². The summed E-state index contributed by atoms with van der Waals surface area (Å²) in [5.41, 5.74) is 2.26. The highest BCUT2D eigenvalue weighted by Gasteiger charge is 2.21. The Hall–Kier alpha value is -3.42. The van der Waals surface area contributed by atoms with Gasteiger partial charge in [-0.25, -0.2) is 0 Å². The molecule has 0 saturated carbocycles. The van der Waals surface area contributed by atoms with Crippen LogP contribution in [0.1, 0.15) is 5.56 Å². The molecule has 8 heteroatoms. The van der Waals surface area contributed by atoms with Crippen molar-refractivity contribution in [3.8, 4) is 5.75 Å². The molecule has 0 aliphatic carbocycles. The number of aromatic nitrogens is 4. The highest BCUT2D eigenvalue weighted by Crippen LogP contribution is 2.28. The van der Waals surface area contributed by atoms with Gasteiger partial charge in [-0.05, 0) is 29.8 Å². The molecule has 1 aliphatic rings. The van der Waals surface area contributed by atoms with Crippen LogP contribution in [0, 0.1) is 0 Å². The van der Waals surface area contributed by atoms with Crippen molar-refractivity contribution < 1.29 is 4.74 Å². The lowest BCUT2D eigenvalue weighted by atomic mass is 10.2. The second-order valence-electron chi connectivity index (χ2n) is 6.50. The maximum Gasteiger partial charge on any atom is 0.247 e. The number of ether oxygens (including phenoxy) is 1. The fraction of sp³-hybridized carbons (Fsp3) is 0.300. The number of benzene rings is 1. The van der Waals surface area contributed by atoms with E-state index in [0.717, 1.165) is 43.2 Å². The van der Waals surface area contributed by atoms with Gasteiger partial charge in [0.2, 0.25) is 5.95 Å². The zero-order valence-corrected chi connectivity index (χ0v) is 15.8. The quantitative estimate of drug-likeness (QED) is 0.700. The fourth-order valence-electron chi connectivity index (χ4n) is 3.24. The minimum Gasteiger partial charge on any atom is -0.495 e. The van der Waals surface area contributed by atoms with Crippen molar-refractivity contribution in [3.05, 3.63) is 60.6 Å².